The zero-order chi connectivity index (χ0) is 76.0. The summed E-state index contributed by atoms with van der Waals surface area (Å²) in [5, 5.41) is 9.78. The lowest BCUT2D eigenvalue weighted by Gasteiger charge is -2.25. The minimum Gasteiger partial charge on any atom is -0.477 e. The number of ether oxygens (including phenoxy) is 4. The van der Waals surface area contributed by atoms with E-state index in [4.69, 9.17) is 18.9 Å². The van der Waals surface area contributed by atoms with E-state index in [1.54, 1.807) is 0 Å². The van der Waals surface area contributed by atoms with Crippen LogP contribution < -0.4 is 0 Å². The Morgan fingerprint density at radius 2 is 0.514 bits per heavy atom. The molecule has 0 bridgehead atoms. The van der Waals surface area contributed by atoms with E-state index >= 15 is 0 Å². The van der Waals surface area contributed by atoms with E-state index in [9.17, 15) is 19.5 Å². The summed E-state index contributed by atoms with van der Waals surface area (Å²) >= 11 is 0. The van der Waals surface area contributed by atoms with Gasteiger partial charge in [0.2, 0.25) is 0 Å². The topological polar surface area (TPSA) is 108 Å². The second-order valence-electron chi connectivity index (χ2n) is 26.9. The first kappa shape index (κ1) is 97.6. The van der Waals surface area contributed by atoms with Gasteiger partial charge in [0.05, 0.1) is 34.4 Å². The number of esters is 2. The molecule has 0 aliphatic rings. The smallest absolute Gasteiger partial charge is 0.361 e. The second-order valence-corrected chi connectivity index (χ2v) is 26.9. The number of likely N-dealkylation sites (N-methyl/N-ethyl adjacent to an activating group) is 1. The Kier molecular flexibility index (Phi) is 76.4. The quantitative estimate of drug-likeness (QED) is 0.0211. The molecular weight excluding hydrogens is 1300 g/mol. The number of hydrogen-bond acceptors (Lipinski definition) is 7. The van der Waals surface area contributed by atoms with Crippen LogP contribution in [-0.4, -0.2) is 87.4 Å². The number of nitrogens with zero attached hydrogens (tertiary/aromatic N) is 1. The highest BCUT2D eigenvalue weighted by atomic mass is 16.7. The number of carboxylic acid groups (broad SMARTS) is 1. The average Bonchev–Trinajstić information content (AvgIpc) is 1.18. The molecule has 1 N–H and O–H groups in total. The fourth-order valence-corrected chi connectivity index (χ4v) is 9.90. The van der Waals surface area contributed by atoms with Crippen molar-refractivity contribution in [3.8, 4) is 0 Å². The van der Waals surface area contributed by atoms with Crippen molar-refractivity contribution < 1.29 is 42.9 Å². The van der Waals surface area contributed by atoms with Crippen LogP contribution in [0.15, 0.2) is 267 Å². The summed E-state index contributed by atoms with van der Waals surface area (Å²) in [4.78, 5) is 37.7. The van der Waals surface area contributed by atoms with Crippen LogP contribution in [0.1, 0.15) is 258 Å². The van der Waals surface area contributed by atoms with Gasteiger partial charge in [0.25, 0.3) is 6.29 Å². The molecule has 0 aliphatic heterocycles. The summed E-state index contributed by atoms with van der Waals surface area (Å²) in [7, 11) is 5.95. The number of unbranched alkanes of at least 4 members (excludes halogenated alkanes) is 12. The fraction of sp³-hybridized carbons (Fsp3) is 0.510. The van der Waals surface area contributed by atoms with Gasteiger partial charge in [-0.3, -0.25) is 9.59 Å². The van der Waals surface area contributed by atoms with Crippen LogP contribution in [-0.2, 0) is 33.3 Å². The summed E-state index contributed by atoms with van der Waals surface area (Å²) in [6.45, 7) is 4.58. The Morgan fingerprint density at radius 3 is 0.762 bits per heavy atom. The predicted molar refractivity (Wildman–Crippen MR) is 455 cm³/mol. The minimum absolute atomic E-state index is 0.167. The molecule has 2 unspecified atom stereocenters. The fourth-order valence-electron chi connectivity index (χ4n) is 9.90. The first-order chi connectivity index (χ1) is 51.6. The lowest BCUT2D eigenvalue weighted by Crippen LogP contribution is -2.40. The number of carboxylic acids is 1. The maximum atomic E-state index is 13.0. The Morgan fingerprint density at radius 1 is 0.286 bits per heavy atom. The lowest BCUT2D eigenvalue weighted by atomic mass is 10.1. The van der Waals surface area contributed by atoms with Gasteiger partial charge in [-0.1, -0.05) is 333 Å². The molecular formula is C96H146NO8+. The Hall–Kier alpha value is -7.43. The van der Waals surface area contributed by atoms with E-state index in [0.29, 0.717) is 23.9 Å². The number of rotatable bonds is 71. The van der Waals surface area contributed by atoms with Gasteiger partial charge in [-0.2, -0.15) is 0 Å². The summed E-state index contributed by atoms with van der Waals surface area (Å²) in [6.07, 6.45) is 132. The first-order valence-corrected chi connectivity index (χ1v) is 40.5. The van der Waals surface area contributed by atoms with E-state index in [-0.39, 0.29) is 38.6 Å². The molecule has 0 aromatic carbocycles. The van der Waals surface area contributed by atoms with Crippen molar-refractivity contribution in [1.29, 1.82) is 0 Å². The van der Waals surface area contributed by atoms with Crippen LogP contribution in [0.5, 0.6) is 0 Å². The molecule has 0 amide bonds. The molecule has 9 heteroatoms. The number of allylic oxidation sites excluding steroid dienone is 44. The molecule has 0 aliphatic carbocycles. The van der Waals surface area contributed by atoms with E-state index < -0.39 is 24.3 Å². The third-order valence-electron chi connectivity index (χ3n) is 16.0. The molecule has 0 heterocycles. The Labute approximate surface area is 642 Å². The number of carbonyl (C=O) groups excluding carboxylic acids is 2. The van der Waals surface area contributed by atoms with Crippen molar-refractivity contribution in [3.05, 3.63) is 267 Å². The zero-order valence-corrected chi connectivity index (χ0v) is 66.5. The number of quaternary nitrogens is 1. The van der Waals surface area contributed by atoms with Crippen LogP contribution in [0.2, 0.25) is 0 Å². The number of aliphatic carboxylic acids is 1. The first-order valence-electron chi connectivity index (χ1n) is 40.5. The van der Waals surface area contributed by atoms with Crippen molar-refractivity contribution in [2.45, 2.75) is 270 Å². The molecule has 0 aromatic rings. The maximum Gasteiger partial charge on any atom is 0.361 e. The minimum atomic E-state index is -1.54. The van der Waals surface area contributed by atoms with Gasteiger partial charge in [-0.05, 0) is 180 Å². The van der Waals surface area contributed by atoms with Crippen LogP contribution >= 0.6 is 0 Å². The standard InChI is InChI=1S/C96H145NO8/c1-6-8-10-12-14-16-18-20-22-24-26-28-30-32-34-36-38-40-42-44-46-47-49-51-53-55-57-59-61-63-65-67-69-71-73-75-77-79-81-83-85-87-94(99)105-92(91-104-96(95(100)101)102-89-88-97(3,4)5)90-103-93(98)86-84-82-80-78-76-74-72-70-68-66-64-62-60-58-56-54-52-50-48-45-43-41-39-37-35-33-31-29-27-25-23-21-19-17-15-13-11-9-7-2/h8-11,14-17,20-23,26-29,32-35,38-41,44-46,48-49,51-52,54-55,57-58,60-61,63-64,66-67,69-70,72,92,96H,6-7,12-13,18-19,24-25,30-31,36-37,42-43,47,50,53,56,59,62,65,68,71,73-91H2,1-5H3/p+1/b10-8-,11-9-,16-14-,17-15-,22-20-,23-21-,28-26-,29-27-,34-32-,35-33-,40-38-,41-39-,46-44-,48-45-,51-49-,54-52-,57-55-,60-58-,63-61-,66-64-,69-67-,72-70-. The maximum absolute atomic E-state index is 13.0. The van der Waals surface area contributed by atoms with Gasteiger partial charge in [0, 0.05) is 12.8 Å². The zero-order valence-electron chi connectivity index (χ0n) is 66.5. The summed E-state index contributed by atoms with van der Waals surface area (Å²) < 4.78 is 23.0. The van der Waals surface area contributed by atoms with Gasteiger partial charge in [-0.25, -0.2) is 4.79 Å². The van der Waals surface area contributed by atoms with Crippen LogP contribution in [0.25, 0.3) is 0 Å². The Bertz CT molecular complexity index is 2740. The molecule has 2 atom stereocenters. The summed E-state index contributed by atoms with van der Waals surface area (Å²) in [5.41, 5.74) is 0. The van der Waals surface area contributed by atoms with Gasteiger partial charge >= 0.3 is 17.9 Å². The molecule has 0 aromatic heterocycles. The van der Waals surface area contributed by atoms with E-state index in [2.05, 4.69) is 281 Å². The highest BCUT2D eigenvalue weighted by Gasteiger charge is 2.25. The van der Waals surface area contributed by atoms with Crippen molar-refractivity contribution in [1.82, 2.24) is 0 Å². The number of carbonyl (C=O) groups is 3. The summed E-state index contributed by atoms with van der Waals surface area (Å²) in [6, 6.07) is 0. The lowest BCUT2D eigenvalue weighted by molar-refractivity contribution is -0.870. The molecule has 582 valence electrons. The van der Waals surface area contributed by atoms with Crippen LogP contribution in [0, 0.1) is 0 Å². The average molecular weight is 1440 g/mol. The monoisotopic (exact) mass is 1440 g/mol. The second kappa shape index (κ2) is 82.2. The third-order valence-corrected chi connectivity index (χ3v) is 16.0. The molecule has 0 rings (SSSR count). The van der Waals surface area contributed by atoms with E-state index in [0.717, 1.165) is 205 Å². The van der Waals surface area contributed by atoms with Crippen LogP contribution in [0.4, 0.5) is 0 Å². The Balaban J connectivity index is 4.24. The number of hydrogen-bond donors (Lipinski definition) is 1. The molecule has 0 spiro atoms. The normalized spacial score (nSPS) is 14.1. The highest BCUT2D eigenvalue weighted by Crippen LogP contribution is 2.14. The van der Waals surface area contributed by atoms with Crippen molar-refractivity contribution >= 4 is 17.9 Å². The molecule has 0 fully saturated rings. The third kappa shape index (κ3) is 83.7. The van der Waals surface area contributed by atoms with Gasteiger partial charge in [0.1, 0.15) is 13.2 Å². The predicted octanol–water partition coefficient (Wildman–Crippen LogP) is 26.7. The van der Waals surface area contributed by atoms with E-state index in [1.165, 1.54) is 12.8 Å². The summed E-state index contributed by atoms with van der Waals surface area (Å²) in [5.74, 6) is -2.08. The molecule has 0 radical (unpaired) electrons. The van der Waals surface area contributed by atoms with Crippen LogP contribution in [0.3, 0.4) is 0 Å². The highest BCUT2D eigenvalue weighted by molar-refractivity contribution is 5.71. The van der Waals surface area contributed by atoms with Gasteiger partial charge in [0.15, 0.2) is 6.10 Å². The molecule has 105 heavy (non-hydrogen) atoms. The molecule has 0 saturated carbocycles. The largest absolute Gasteiger partial charge is 0.477 e. The van der Waals surface area contributed by atoms with Gasteiger partial charge in [-0.15, -0.1) is 0 Å². The van der Waals surface area contributed by atoms with Crippen molar-refractivity contribution in [3.63, 3.8) is 0 Å². The van der Waals surface area contributed by atoms with Crippen molar-refractivity contribution in [2.24, 2.45) is 0 Å². The SMILES string of the molecule is CC/C=C\C/C=C\C/C=C\C/C=C\C/C=C\C/C=C\C/C=C\C/C=C\C/C=C\C/C=C\C/C=C\CCCCCCCCCC(=O)OC(COC(=O)CCCCCCC/C=C\C/C=C\C/C=C\C/C=C\C/C=C\C/C=C\C/C=C\C/C=C\C/C=C\C/C=C\C/C=C\CC)COC(OCC[N+](C)(C)C)C(=O)O. The van der Waals surface area contributed by atoms with Crippen molar-refractivity contribution in [2.75, 3.05) is 47.5 Å². The van der Waals surface area contributed by atoms with E-state index in [1.807, 2.05) is 21.1 Å². The van der Waals surface area contributed by atoms with Gasteiger partial charge < -0.3 is 28.5 Å². The molecule has 0 saturated heterocycles. The molecule has 9 nitrogen and oxygen atoms in total.